The minimum Gasteiger partial charge on any atom is -0.339 e. The van der Waals surface area contributed by atoms with Gasteiger partial charge in [0.05, 0.1) is 38.1 Å². The summed E-state index contributed by atoms with van der Waals surface area (Å²) in [5.74, 6) is -0.121. The zero-order chi connectivity index (χ0) is 15.4. The van der Waals surface area contributed by atoms with Crippen LogP contribution < -0.4 is 4.90 Å². The molecule has 1 fully saturated rings. The second kappa shape index (κ2) is 6.94. The third-order valence-electron chi connectivity index (χ3n) is 3.83. The van der Waals surface area contributed by atoms with Crippen molar-refractivity contribution in [1.82, 2.24) is 4.90 Å². The van der Waals surface area contributed by atoms with Crippen LogP contribution in [0.4, 0.5) is 0 Å². The summed E-state index contributed by atoms with van der Waals surface area (Å²) in [5.41, 5.74) is 1.12. The fourth-order valence-corrected chi connectivity index (χ4v) is 3.35. The van der Waals surface area contributed by atoms with Gasteiger partial charge in [0.25, 0.3) is 5.91 Å². The van der Waals surface area contributed by atoms with Crippen molar-refractivity contribution in [2.75, 3.05) is 33.2 Å². The lowest BCUT2D eigenvalue weighted by atomic mass is 10.2. The Labute approximate surface area is 135 Å². The Bertz CT molecular complexity index is 629. The van der Waals surface area contributed by atoms with Crippen LogP contribution in [0.25, 0.3) is 6.08 Å². The highest BCUT2D eigenvalue weighted by Gasteiger charge is 2.28. The molecule has 4 nitrogen and oxygen atoms in total. The number of hydrogen-bond acceptors (Lipinski definition) is 3. The zero-order valence-electron chi connectivity index (χ0n) is 12.7. The summed E-state index contributed by atoms with van der Waals surface area (Å²) in [6.45, 7) is 4.14. The molecule has 0 radical (unpaired) electrons. The van der Waals surface area contributed by atoms with Crippen molar-refractivity contribution in [3.05, 3.63) is 53.0 Å². The number of amidine groups is 1. The number of rotatable bonds is 2. The van der Waals surface area contributed by atoms with Gasteiger partial charge in [-0.15, -0.1) is 0 Å². The van der Waals surface area contributed by atoms with E-state index in [-0.39, 0.29) is 5.91 Å². The molecule has 3 rings (SSSR count). The quantitative estimate of drug-likeness (QED) is 0.829. The molecule has 1 saturated heterocycles. The van der Waals surface area contributed by atoms with E-state index in [1.54, 1.807) is 0 Å². The van der Waals surface area contributed by atoms with Gasteiger partial charge in [-0.1, -0.05) is 42.5 Å². The Morgan fingerprint density at radius 2 is 1.95 bits per heavy atom. The Hall–Kier alpha value is -1.85. The van der Waals surface area contributed by atoms with Crippen LogP contribution in [0.5, 0.6) is 0 Å². The lowest BCUT2D eigenvalue weighted by Crippen LogP contribution is -3.12. The van der Waals surface area contributed by atoms with Crippen LogP contribution in [0.2, 0.25) is 0 Å². The zero-order valence-corrected chi connectivity index (χ0v) is 13.5. The summed E-state index contributed by atoms with van der Waals surface area (Å²) in [5, 5.41) is 0.858. The molecule has 1 aromatic rings. The maximum absolute atomic E-state index is 12.0. The second-order valence-electron chi connectivity index (χ2n) is 5.55. The maximum Gasteiger partial charge on any atom is 0.286 e. The predicted octanol–water partition coefficient (Wildman–Crippen LogP) is 1.04. The summed E-state index contributed by atoms with van der Waals surface area (Å²) in [6, 6.07) is 10.1. The average molecular weight is 314 g/mol. The van der Waals surface area contributed by atoms with Crippen molar-refractivity contribution < 1.29 is 9.69 Å². The average Bonchev–Trinajstić information content (AvgIpc) is 2.90. The van der Waals surface area contributed by atoms with E-state index >= 15 is 0 Å². The monoisotopic (exact) mass is 314 g/mol. The van der Waals surface area contributed by atoms with Gasteiger partial charge in [0.2, 0.25) is 0 Å². The van der Waals surface area contributed by atoms with E-state index in [4.69, 9.17) is 0 Å². The van der Waals surface area contributed by atoms with E-state index in [0.29, 0.717) is 4.91 Å². The topological polar surface area (TPSA) is 37.1 Å². The number of allylic oxidation sites excluding steroid dienone is 2. The number of quaternary nitrogens is 1. The minimum atomic E-state index is -0.121. The third-order valence-corrected chi connectivity index (χ3v) is 4.90. The fraction of sp³-hybridized carbons (Fsp3) is 0.294. The molecule has 1 N–H and O–H groups in total. The van der Waals surface area contributed by atoms with Gasteiger partial charge in [0, 0.05) is 0 Å². The van der Waals surface area contributed by atoms with Crippen molar-refractivity contribution in [3.63, 3.8) is 0 Å². The summed E-state index contributed by atoms with van der Waals surface area (Å²) < 4.78 is 0. The molecule has 0 saturated carbocycles. The summed E-state index contributed by atoms with van der Waals surface area (Å²) in [7, 11) is 2.20. The van der Waals surface area contributed by atoms with Crippen molar-refractivity contribution in [2.24, 2.45) is 4.99 Å². The molecule has 2 aliphatic rings. The first-order valence-corrected chi connectivity index (χ1v) is 8.34. The summed E-state index contributed by atoms with van der Waals surface area (Å²) >= 11 is 1.49. The summed E-state index contributed by atoms with van der Waals surface area (Å²) in [4.78, 5) is 20.6. The lowest BCUT2D eigenvalue weighted by molar-refractivity contribution is -0.883. The first-order valence-electron chi connectivity index (χ1n) is 7.53. The number of nitrogens with zero attached hydrogens (tertiary/aromatic N) is 2. The number of benzene rings is 1. The van der Waals surface area contributed by atoms with Crippen molar-refractivity contribution in [1.29, 1.82) is 0 Å². The van der Waals surface area contributed by atoms with E-state index in [1.807, 2.05) is 48.6 Å². The number of carbonyl (C=O) groups excluding carboxylic acids is 1. The normalized spacial score (nSPS) is 21.9. The van der Waals surface area contributed by atoms with Crippen LogP contribution in [-0.4, -0.2) is 49.2 Å². The van der Waals surface area contributed by atoms with Crippen LogP contribution in [0.3, 0.4) is 0 Å². The molecule has 2 aliphatic heterocycles. The molecule has 0 aliphatic carbocycles. The number of piperazine rings is 1. The molecule has 0 spiro atoms. The molecule has 114 valence electrons. The lowest BCUT2D eigenvalue weighted by Gasteiger charge is -2.30. The number of hydrogen-bond donors (Lipinski definition) is 1. The van der Waals surface area contributed by atoms with E-state index in [9.17, 15) is 4.79 Å². The molecule has 5 heteroatoms. The molecule has 22 heavy (non-hydrogen) atoms. The first-order chi connectivity index (χ1) is 10.7. The third kappa shape index (κ3) is 3.67. The van der Waals surface area contributed by atoms with Gasteiger partial charge in [0.15, 0.2) is 5.17 Å². The molecule has 0 bridgehead atoms. The highest BCUT2D eigenvalue weighted by Crippen LogP contribution is 2.28. The molecule has 0 atom stereocenters. The number of amides is 1. The predicted molar refractivity (Wildman–Crippen MR) is 91.8 cm³/mol. The van der Waals surface area contributed by atoms with Crippen LogP contribution >= 0.6 is 11.8 Å². The van der Waals surface area contributed by atoms with Crippen LogP contribution in [0.15, 0.2) is 52.4 Å². The van der Waals surface area contributed by atoms with Gasteiger partial charge >= 0.3 is 0 Å². The molecule has 0 unspecified atom stereocenters. The smallest absolute Gasteiger partial charge is 0.286 e. The van der Waals surface area contributed by atoms with Crippen molar-refractivity contribution in [2.45, 2.75) is 0 Å². The van der Waals surface area contributed by atoms with Crippen molar-refractivity contribution >= 4 is 28.9 Å². The maximum atomic E-state index is 12.0. The van der Waals surface area contributed by atoms with Gasteiger partial charge in [-0.25, -0.2) is 0 Å². The fourth-order valence-electron chi connectivity index (χ4n) is 2.44. The van der Waals surface area contributed by atoms with Gasteiger partial charge in [-0.3, -0.25) is 4.79 Å². The number of aliphatic imine (C=N–C) groups is 1. The van der Waals surface area contributed by atoms with Crippen LogP contribution in [0.1, 0.15) is 5.56 Å². The number of carbonyl (C=O) groups is 1. The SMILES string of the molecule is C[NH+]1CCN(C2=NC(=O)/C(=C\C=C/c3ccccc3)S2)CC1. The first kappa shape index (κ1) is 15.1. The molecule has 0 aromatic heterocycles. The van der Waals surface area contributed by atoms with Crippen LogP contribution in [0, 0.1) is 0 Å². The Balaban J connectivity index is 1.62. The molecule has 2 heterocycles. The molecular formula is C17H20N3OS+. The largest absolute Gasteiger partial charge is 0.339 e. The molecular weight excluding hydrogens is 294 g/mol. The van der Waals surface area contributed by atoms with Gasteiger partial charge < -0.3 is 9.80 Å². The molecule has 1 aromatic carbocycles. The van der Waals surface area contributed by atoms with Gasteiger partial charge in [0.1, 0.15) is 0 Å². The standard InChI is InChI=1S/C17H19N3OS/c1-19-10-12-20(13-11-19)17-18-16(21)15(22-17)9-5-8-14-6-3-2-4-7-14/h2-9H,10-13H2,1H3/p+1/b8-5-,15-9+. The van der Waals surface area contributed by atoms with E-state index in [2.05, 4.69) is 16.9 Å². The number of likely N-dealkylation sites (N-methyl/N-ethyl adjacent to an activating group) is 1. The number of nitrogens with one attached hydrogen (secondary N) is 1. The highest BCUT2D eigenvalue weighted by atomic mass is 32.2. The number of thioether (sulfide) groups is 1. The summed E-state index contributed by atoms with van der Waals surface area (Å²) in [6.07, 6.45) is 5.78. The second-order valence-corrected chi connectivity index (χ2v) is 6.56. The Kier molecular flexibility index (Phi) is 4.75. The Morgan fingerprint density at radius 3 is 2.68 bits per heavy atom. The van der Waals surface area contributed by atoms with Gasteiger partial charge in [-0.2, -0.15) is 4.99 Å². The van der Waals surface area contributed by atoms with E-state index in [1.165, 1.54) is 16.7 Å². The van der Waals surface area contributed by atoms with E-state index in [0.717, 1.165) is 36.9 Å². The highest BCUT2D eigenvalue weighted by molar-refractivity contribution is 8.18. The minimum absolute atomic E-state index is 0.121. The molecule has 1 amide bonds. The van der Waals surface area contributed by atoms with Gasteiger partial charge in [-0.05, 0) is 23.4 Å². The van der Waals surface area contributed by atoms with Crippen molar-refractivity contribution in [3.8, 4) is 0 Å². The van der Waals surface area contributed by atoms with Crippen LogP contribution in [-0.2, 0) is 4.79 Å². The van der Waals surface area contributed by atoms with E-state index < -0.39 is 0 Å². The Morgan fingerprint density at radius 1 is 1.23 bits per heavy atom.